The van der Waals surface area contributed by atoms with Gasteiger partial charge in [0.1, 0.15) is 6.23 Å². The van der Waals surface area contributed by atoms with Crippen LogP contribution in [0.25, 0.3) is 0 Å². The van der Waals surface area contributed by atoms with Crippen LogP contribution in [-0.4, -0.2) is 52.6 Å². The minimum Gasteiger partial charge on any atom is -0.392 e. The summed E-state index contributed by atoms with van der Waals surface area (Å²) < 4.78 is 0. The Morgan fingerprint density at radius 1 is 1.21 bits per heavy atom. The van der Waals surface area contributed by atoms with E-state index in [4.69, 9.17) is 0 Å². The van der Waals surface area contributed by atoms with Gasteiger partial charge in [-0.3, -0.25) is 4.90 Å². The summed E-state index contributed by atoms with van der Waals surface area (Å²) in [4.78, 5) is 4.83. The van der Waals surface area contributed by atoms with Crippen molar-refractivity contribution < 1.29 is 10.2 Å². The number of para-hydroxylation sites is 1. The first-order valence-corrected chi connectivity index (χ1v) is 9.57. The normalized spacial score (nSPS) is 55.8. The van der Waals surface area contributed by atoms with Crippen molar-refractivity contribution in [3.8, 4) is 0 Å². The van der Waals surface area contributed by atoms with Crippen molar-refractivity contribution in [1.29, 1.82) is 0 Å². The number of hydrogen-bond donors (Lipinski definition) is 2. The lowest BCUT2D eigenvalue weighted by molar-refractivity contribution is -0.211. The third kappa shape index (κ3) is 1.20. The molecule has 1 aromatic rings. The Bertz CT molecular complexity index is 723. The van der Waals surface area contributed by atoms with Crippen molar-refractivity contribution >= 4 is 5.69 Å². The van der Waals surface area contributed by atoms with Gasteiger partial charge in [0, 0.05) is 42.1 Å². The molecule has 0 radical (unpaired) electrons. The Morgan fingerprint density at radius 2 is 2.00 bits per heavy atom. The Morgan fingerprint density at radius 3 is 2.79 bits per heavy atom. The van der Waals surface area contributed by atoms with Crippen molar-refractivity contribution in [2.45, 2.75) is 62.1 Å². The fraction of sp³-hybridized carbons (Fsp3) is 0.700. The number of likely N-dealkylation sites (N-methyl/N-ethyl adjacent to an activating group) is 1. The minimum atomic E-state index is -0.319. The highest BCUT2D eigenvalue weighted by Crippen LogP contribution is 2.68. The van der Waals surface area contributed by atoms with Crippen LogP contribution in [0.15, 0.2) is 24.3 Å². The van der Waals surface area contributed by atoms with Gasteiger partial charge in [0.05, 0.1) is 12.1 Å². The Labute approximate surface area is 143 Å². The molecule has 1 saturated carbocycles. The molecule has 10 atom stereocenters. The summed E-state index contributed by atoms with van der Waals surface area (Å²) in [6.07, 6.45) is 2.56. The van der Waals surface area contributed by atoms with Crippen LogP contribution in [0.1, 0.15) is 31.7 Å². The molecule has 5 heterocycles. The molecule has 1 spiro atoms. The van der Waals surface area contributed by atoms with E-state index >= 15 is 0 Å². The number of rotatable bonds is 1. The Hall–Kier alpha value is -1.10. The lowest BCUT2D eigenvalue weighted by atomic mass is 9.62. The molecule has 4 saturated heterocycles. The highest BCUT2D eigenvalue weighted by Gasteiger charge is 2.76. The number of anilines is 1. The van der Waals surface area contributed by atoms with Crippen LogP contribution in [0, 0.1) is 17.8 Å². The quantitative estimate of drug-likeness (QED) is 0.822. The van der Waals surface area contributed by atoms with Crippen LogP contribution >= 0.6 is 0 Å². The molecular weight excluding hydrogens is 300 g/mol. The fourth-order valence-corrected chi connectivity index (χ4v) is 7.88. The maximum Gasteiger partial charge on any atom is 0.111 e. The topological polar surface area (TPSA) is 46.9 Å². The molecule has 0 amide bonds. The Balaban J connectivity index is 1.60. The molecule has 1 aliphatic carbocycles. The van der Waals surface area contributed by atoms with E-state index in [9.17, 15) is 10.2 Å². The maximum absolute atomic E-state index is 11.6. The molecule has 5 bridgehead atoms. The zero-order valence-corrected chi connectivity index (χ0v) is 14.3. The third-order valence-electron chi connectivity index (χ3n) is 8.46. The van der Waals surface area contributed by atoms with Gasteiger partial charge in [0.15, 0.2) is 0 Å². The maximum atomic E-state index is 11.6. The van der Waals surface area contributed by atoms with Crippen molar-refractivity contribution in [3.05, 3.63) is 29.8 Å². The SMILES string of the molecule is CC[C@H]1[C@@H]2CC3[C@@H]4N(C)c5ccccc5[C@]45C[C@@H]([C@H]2C5O)N3[C@@H]1O. The molecule has 4 heteroatoms. The van der Waals surface area contributed by atoms with Crippen LogP contribution in [0.4, 0.5) is 5.69 Å². The molecule has 4 nitrogen and oxygen atoms in total. The van der Waals surface area contributed by atoms with Gasteiger partial charge in [-0.2, -0.15) is 0 Å². The van der Waals surface area contributed by atoms with Crippen molar-refractivity contribution in [2.24, 2.45) is 17.8 Å². The summed E-state index contributed by atoms with van der Waals surface area (Å²) in [7, 11) is 2.19. The van der Waals surface area contributed by atoms with E-state index < -0.39 is 0 Å². The molecule has 3 unspecified atom stereocenters. The van der Waals surface area contributed by atoms with Crippen LogP contribution in [0.2, 0.25) is 0 Å². The number of benzene rings is 1. The van der Waals surface area contributed by atoms with Crippen molar-refractivity contribution in [2.75, 3.05) is 11.9 Å². The van der Waals surface area contributed by atoms with Crippen LogP contribution < -0.4 is 4.90 Å². The van der Waals surface area contributed by atoms with Crippen molar-refractivity contribution in [1.82, 2.24) is 4.90 Å². The lowest BCUT2D eigenvalue weighted by Crippen LogP contribution is -2.72. The molecule has 5 aliphatic heterocycles. The first kappa shape index (κ1) is 14.1. The average molecular weight is 326 g/mol. The molecule has 1 aromatic carbocycles. The largest absolute Gasteiger partial charge is 0.392 e. The molecule has 2 N–H and O–H groups in total. The molecule has 0 aromatic heterocycles. The molecule has 5 fully saturated rings. The molecule has 128 valence electrons. The monoisotopic (exact) mass is 326 g/mol. The summed E-state index contributed by atoms with van der Waals surface area (Å²) in [6, 6.07) is 9.70. The summed E-state index contributed by atoms with van der Waals surface area (Å²) in [5, 5.41) is 22.6. The second-order valence-electron chi connectivity index (χ2n) is 8.81. The van der Waals surface area contributed by atoms with Gasteiger partial charge in [-0.05, 0) is 36.8 Å². The minimum absolute atomic E-state index is 0.126. The molecular formula is C20H26N2O2. The van der Waals surface area contributed by atoms with E-state index in [-0.39, 0.29) is 17.7 Å². The van der Waals surface area contributed by atoms with E-state index in [0.29, 0.717) is 35.9 Å². The fourth-order valence-electron chi connectivity index (χ4n) is 7.88. The zero-order valence-electron chi connectivity index (χ0n) is 14.3. The van der Waals surface area contributed by atoms with Gasteiger partial charge in [-0.15, -0.1) is 0 Å². The average Bonchev–Trinajstić information content (AvgIpc) is 2.97. The number of piperidine rings is 4. The van der Waals surface area contributed by atoms with Crippen molar-refractivity contribution in [3.63, 3.8) is 0 Å². The summed E-state index contributed by atoms with van der Waals surface area (Å²) >= 11 is 0. The number of nitrogens with zero attached hydrogens (tertiary/aromatic N) is 2. The van der Waals surface area contributed by atoms with E-state index in [1.54, 1.807) is 0 Å². The zero-order chi connectivity index (χ0) is 16.4. The first-order chi connectivity index (χ1) is 11.6. The summed E-state index contributed by atoms with van der Waals surface area (Å²) in [5.41, 5.74) is 2.51. The number of fused-ring (bicyclic) bond motifs is 2. The molecule has 7 rings (SSSR count). The van der Waals surface area contributed by atoms with Gasteiger partial charge in [0.25, 0.3) is 0 Å². The smallest absolute Gasteiger partial charge is 0.111 e. The predicted octanol–water partition coefficient (Wildman–Crippen LogP) is 1.55. The van der Waals surface area contributed by atoms with Gasteiger partial charge in [-0.25, -0.2) is 0 Å². The summed E-state index contributed by atoms with van der Waals surface area (Å²) in [5.74, 6) is 1.14. The highest BCUT2D eigenvalue weighted by molar-refractivity contribution is 5.67. The van der Waals surface area contributed by atoms with Gasteiger partial charge in [-0.1, -0.05) is 25.1 Å². The van der Waals surface area contributed by atoms with Crippen LogP contribution in [0.3, 0.4) is 0 Å². The second-order valence-corrected chi connectivity index (χ2v) is 8.81. The standard InChI is InChI=1S/C20H26N2O2/c1-3-10-11-8-14-17-20(12-6-4-5-7-13(12)21(17)2)9-15(16(11)18(20)23)22(14)19(10)24/h4-7,10-11,14-19,23-24H,3,8-9H2,1-2H3/t10-,11-,14?,15-,16-,17-,18?,19+,20+/m0/s1. The molecule has 6 aliphatic rings. The number of aliphatic hydroxyl groups excluding tert-OH is 2. The lowest BCUT2D eigenvalue weighted by Gasteiger charge is -2.62. The predicted molar refractivity (Wildman–Crippen MR) is 91.7 cm³/mol. The van der Waals surface area contributed by atoms with Gasteiger partial charge < -0.3 is 15.1 Å². The number of hydrogen-bond acceptors (Lipinski definition) is 4. The molecule has 24 heavy (non-hydrogen) atoms. The van der Waals surface area contributed by atoms with Crippen LogP contribution in [-0.2, 0) is 5.41 Å². The first-order valence-electron chi connectivity index (χ1n) is 9.57. The summed E-state index contributed by atoms with van der Waals surface area (Å²) in [6.45, 7) is 2.19. The Kier molecular flexibility index (Phi) is 2.45. The van der Waals surface area contributed by atoms with Gasteiger partial charge >= 0.3 is 0 Å². The van der Waals surface area contributed by atoms with Gasteiger partial charge in [0.2, 0.25) is 0 Å². The van der Waals surface area contributed by atoms with E-state index in [2.05, 4.69) is 48.0 Å². The number of aliphatic hydroxyl groups is 2. The van der Waals surface area contributed by atoms with Crippen LogP contribution in [0.5, 0.6) is 0 Å². The third-order valence-corrected chi connectivity index (χ3v) is 8.46. The van der Waals surface area contributed by atoms with E-state index in [0.717, 1.165) is 19.3 Å². The second kappa shape index (κ2) is 4.17. The van der Waals surface area contributed by atoms with E-state index in [1.807, 2.05) is 0 Å². The van der Waals surface area contributed by atoms with E-state index in [1.165, 1.54) is 11.3 Å². The highest BCUT2D eigenvalue weighted by atomic mass is 16.3.